The van der Waals surface area contributed by atoms with Crippen LogP contribution in [0.15, 0.2) is 58.4 Å². The van der Waals surface area contributed by atoms with E-state index in [4.69, 9.17) is 0 Å². The third-order valence-electron chi connectivity index (χ3n) is 4.17. The fourth-order valence-corrected chi connectivity index (χ4v) is 4.58. The molecule has 0 bridgehead atoms. The van der Waals surface area contributed by atoms with Crippen molar-refractivity contribution in [1.29, 1.82) is 0 Å². The summed E-state index contributed by atoms with van der Waals surface area (Å²) >= 11 is 5.20. The van der Waals surface area contributed by atoms with Crippen molar-refractivity contribution in [3.63, 3.8) is 0 Å². The molecule has 1 aromatic heterocycles. The van der Waals surface area contributed by atoms with Crippen LogP contribution in [0.4, 0.5) is 0 Å². The van der Waals surface area contributed by atoms with Crippen molar-refractivity contribution in [2.45, 2.75) is 12.3 Å². The Kier molecular flexibility index (Phi) is 3.20. The maximum Gasteiger partial charge on any atom is 0.168 e. The molecular formula is C18H13BrOS. The van der Waals surface area contributed by atoms with Crippen LogP contribution >= 0.6 is 27.3 Å². The molecule has 1 aliphatic carbocycles. The van der Waals surface area contributed by atoms with E-state index in [0.717, 1.165) is 26.5 Å². The van der Waals surface area contributed by atoms with Gasteiger partial charge in [0, 0.05) is 31.4 Å². The molecule has 21 heavy (non-hydrogen) atoms. The first-order chi connectivity index (χ1) is 10.3. The van der Waals surface area contributed by atoms with Crippen LogP contribution in [0.1, 0.15) is 28.3 Å². The van der Waals surface area contributed by atoms with E-state index in [1.54, 1.807) is 11.3 Å². The number of rotatable bonds is 3. The highest BCUT2D eigenvalue weighted by molar-refractivity contribution is 9.10. The number of ketones is 1. The highest BCUT2D eigenvalue weighted by Gasteiger charge is 2.44. The van der Waals surface area contributed by atoms with Gasteiger partial charge >= 0.3 is 0 Å². The normalized spacial score (nSPS) is 20.6. The molecular weight excluding hydrogens is 344 g/mol. The molecule has 2 atom stereocenters. The summed E-state index contributed by atoms with van der Waals surface area (Å²) in [5.41, 5.74) is 2.18. The van der Waals surface area contributed by atoms with Crippen LogP contribution in [0.2, 0.25) is 0 Å². The lowest BCUT2D eigenvalue weighted by Gasteiger charge is -2.01. The van der Waals surface area contributed by atoms with Gasteiger partial charge in [0.1, 0.15) is 0 Å². The highest BCUT2D eigenvalue weighted by atomic mass is 79.9. The number of fused-ring (bicyclic) bond motifs is 1. The first-order valence-corrected chi connectivity index (χ1v) is 8.68. The second-order valence-electron chi connectivity index (χ2n) is 5.49. The molecule has 3 aromatic rings. The number of halogens is 1. The zero-order chi connectivity index (χ0) is 14.4. The number of carbonyl (C=O) groups is 1. The standard InChI is InChI=1S/C18H13BrOS/c19-16-8-4-7-12-15(10-21-18(12)16)17(20)14-9-13(14)11-5-2-1-3-6-11/h1-8,10,13-14H,9H2. The van der Waals surface area contributed by atoms with E-state index in [2.05, 4.69) is 28.1 Å². The summed E-state index contributed by atoms with van der Waals surface area (Å²) < 4.78 is 2.23. The Hall–Kier alpha value is -1.45. The van der Waals surface area contributed by atoms with Gasteiger partial charge in [0.15, 0.2) is 5.78 Å². The molecule has 1 fully saturated rings. The van der Waals surface area contributed by atoms with E-state index in [0.29, 0.717) is 11.7 Å². The van der Waals surface area contributed by atoms with Gasteiger partial charge in [-0.25, -0.2) is 0 Å². The molecule has 0 radical (unpaired) electrons. The highest BCUT2D eigenvalue weighted by Crippen LogP contribution is 2.50. The second kappa shape index (κ2) is 5.08. The van der Waals surface area contributed by atoms with Crippen molar-refractivity contribution in [1.82, 2.24) is 0 Å². The van der Waals surface area contributed by atoms with Crippen LogP contribution in [-0.2, 0) is 0 Å². The Labute approximate surface area is 135 Å². The zero-order valence-corrected chi connectivity index (χ0v) is 13.7. The zero-order valence-electron chi connectivity index (χ0n) is 11.3. The Bertz CT molecular complexity index is 822. The predicted molar refractivity (Wildman–Crippen MR) is 91.1 cm³/mol. The SMILES string of the molecule is O=C(c1csc2c(Br)cccc12)C1CC1c1ccccc1. The first kappa shape index (κ1) is 13.2. The Morgan fingerprint density at radius 2 is 1.90 bits per heavy atom. The minimum atomic E-state index is 0.157. The molecule has 2 unspecified atom stereocenters. The lowest BCUT2D eigenvalue weighted by atomic mass is 10.0. The van der Waals surface area contributed by atoms with Crippen LogP contribution in [0.5, 0.6) is 0 Å². The van der Waals surface area contributed by atoms with Crippen LogP contribution in [0.3, 0.4) is 0 Å². The molecule has 4 rings (SSSR count). The number of Topliss-reactive ketones (excluding diaryl/α,β-unsaturated/α-hetero) is 1. The molecule has 0 spiro atoms. The van der Waals surface area contributed by atoms with Crippen LogP contribution in [-0.4, -0.2) is 5.78 Å². The topological polar surface area (TPSA) is 17.1 Å². The third kappa shape index (κ3) is 2.25. The van der Waals surface area contributed by atoms with Crippen LogP contribution < -0.4 is 0 Å². The van der Waals surface area contributed by atoms with Gasteiger partial charge in [-0.1, -0.05) is 42.5 Å². The van der Waals surface area contributed by atoms with Crippen molar-refractivity contribution in [2.24, 2.45) is 5.92 Å². The van der Waals surface area contributed by atoms with Crippen LogP contribution in [0.25, 0.3) is 10.1 Å². The number of hydrogen-bond donors (Lipinski definition) is 0. The summed E-state index contributed by atoms with van der Waals surface area (Å²) in [5.74, 6) is 0.859. The number of carbonyl (C=O) groups excluding carboxylic acids is 1. The van der Waals surface area contributed by atoms with Crippen molar-refractivity contribution >= 4 is 43.1 Å². The summed E-state index contributed by atoms with van der Waals surface area (Å²) in [5, 5.41) is 3.09. The number of hydrogen-bond acceptors (Lipinski definition) is 2. The molecule has 1 saturated carbocycles. The monoisotopic (exact) mass is 356 g/mol. The molecule has 1 nitrogen and oxygen atoms in total. The summed E-state index contributed by atoms with van der Waals surface area (Å²) in [6.07, 6.45) is 0.980. The Balaban J connectivity index is 1.65. The first-order valence-electron chi connectivity index (χ1n) is 7.00. The molecule has 1 aliphatic rings. The Morgan fingerprint density at radius 1 is 1.10 bits per heavy atom. The molecule has 0 N–H and O–H groups in total. The fraction of sp³-hybridized carbons (Fsp3) is 0.167. The van der Waals surface area contributed by atoms with Gasteiger partial charge < -0.3 is 0 Å². The van der Waals surface area contributed by atoms with Crippen molar-refractivity contribution in [3.8, 4) is 0 Å². The van der Waals surface area contributed by atoms with Gasteiger partial charge in [-0.15, -0.1) is 11.3 Å². The number of thiophene rings is 1. The van der Waals surface area contributed by atoms with Gasteiger partial charge in [0.2, 0.25) is 0 Å². The second-order valence-corrected chi connectivity index (χ2v) is 7.22. The summed E-state index contributed by atoms with van der Waals surface area (Å²) in [7, 11) is 0. The number of benzene rings is 2. The van der Waals surface area contributed by atoms with Crippen LogP contribution in [0, 0.1) is 5.92 Å². The predicted octanol–water partition coefficient (Wildman–Crippen LogP) is 5.65. The summed E-state index contributed by atoms with van der Waals surface area (Å²) in [4.78, 5) is 12.8. The van der Waals surface area contributed by atoms with Gasteiger partial charge in [-0.2, -0.15) is 0 Å². The smallest absolute Gasteiger partial charge is 0.168 e. The Morgan fingerprint density at radius 3 is 2.71 bits per heavy atom. The minimum absolute atomic E-state index is 0.157. The van der Waals surface area contributed by atoms with E-state index >= 15 is 0 Å². The molecule has 0 amide bonds. The summed E-state index contributed by atoms with van der Waals surface area (Å²) in [6.45, 7) is 0. The van der Waals surface area contributed by atoms with Gasteiger partial charge in [0.05, 0.1) is 0 Å². The maximum atomic E-state index is 12.8. The molecule has 0 aliphatic heterocycles. The average molecular weight is 357 g/mol. The molecule has 2 aromatic carbocycles. The third-order valence-corrected chi connectivity index (χ3v) is 6.12. The van der Waals surface area contributed by atoms with Gasteiger partial charge in [-0.3, -0.25) is 4.79 Å². The molecule has 0 saturated heterocycles. The largest absolute Gasteiger partial charge is 0.294 e. The quantitative estimate of drug-likeness (QED) is 0.554. The lowest BCUT2D eigenvalue weighted by Crippen LogP contribution is -2.02. The minimum Gasteiger partial charge on any atom is -0.294 e. The van der Waals surface area contributed by atoms with E-state index in [9.17, 15) is 4.79 Å². The molecule has 1 heterocycles. The molecule has 3 heteroatoms. The lowest BCUT2D eigenvalue weighted by molar-refractivity contribution is 0.0967. The van der Waals surface area contributed by atoms with E-state index in [1.165, 1.54) is 5.56 Å². The van der Waals surface area contributed by atoms with E-state index in [1.807, 2.05) is 41.8 Å². The maximum absolute atomic E-state index is 12.8. The average Bonchev–Trinajstić information content (AvgIpc) is 3.20. The van der Waals surface area contributed by atoms with E-state index < -0.39 is 0 Å². The fourth-order valence-electron chi connectivity index (χ4n) is 2.97. The van der Waals surface area contributed by atoms with Crippen molar-refractivity contribution in [2.75, 3.05) is 0 Å². The van der Waals surface area contributed by atoms with E-state index in [-0.39, 0.29) is 5.92 Å². The van der Waals surface area contributed by atoms with Crippen molar-refractivity contribution < 1.29 is 4.79 Å². The molecule has 104 valence electrons. The van der Waals surface area contributed by atoms with Crippen molar-refractivity contribution in [3.05, 3.63) is 69.5 Å². The van der Waals surface area contributed by atoms with Gasteiger partial charge in [0.25, 0.3) is 0 Å². The summed E-state index contributed by atoms with van der Waals surface area (Å²) in [6, 6.07) is 16.4. The van der Waals surface area contributed by atoms with Gasteiger partial charge in [-0.05, 0) is 39.9 Å².